The standard InChI is InChI=1S/C11H17N5O/c1-13-6-8-2-5-16(7-8)11-9(10(12)17)14-3-4-15-11/h3-4,8,13H,2,5-7H2,1H3,(H2,12,17). The molecule has 1 fully saturated rings. The van der Waals surface area contributed by atoms with Gasteiger partial charge in [-0.05, 0) is 25.9 Å². The molecule has 2 heterocycles. The summed E-state index contributed by atoms with van der Waals surface area (Å²) in [6.45, 7) is 2.76. The van der Waals surface area contributed by atoms with Gasteiger partial charge < -0.3 is 16.0 Å². The van der Waals surface area contributed by atoms with E-state index in [0.717, 1.165) is 26.1 Å². The molecule has 0 saturated carbocycles. The Hall–Kier alpha value is -1.69. The zero-order valence-corrected chi connectivity index (χ0v) is 9.89. The molecule has 17 heavy (non-hydrogen) atoms. The molecule has 0 radical (unpaired) electrons. The number of nitrogens with two attached hydrogens (primary N) is 1. The molecule has 6 nitrogen and oxygen atoms in total. The van der Waals surface area contributed by atoms with Gasteiger partial charge in [0.1, 0.15) is 0 Å². The molecular weight excluding hydrogens is 218 g/mol. The van der Waals surface area contributed by atoms with E-state index in [4.69, 9.17) is 5.73 Å². The topological polar surface area (TPSA) is 84.1 Å². The average molecular weight is 235 g/mol. The molecule has 0 spiro atoms. The first-order valence-electron chi connectivity index (χ1n) is 5.72. The van der Waals surface area contributed by atoms with Gasteiger partial charge in [-0.15, -0.1) is 0 Å². The second kappa shape index (κ2) is 5.09. The molecule has 6 heteroatoms. The maximum absolute atomic E-state index is 11.3. The molecule has 1 aliphatic rings. The second-order valence-corrected chi connectivity index (χ2v) is 4.25. The molecular formula is C11H17N5O. The van der Waals surface area contributed by atoms with E-state index in [2.05, 4.69) is 20.2 Å². The number of carbonyl (C=O) groups is 1. The molecule has 1 aromatic heterocycles. The number of carbonyl (C=O) groups excluding carboxylic acids is 1. The van der Waals surface area contributed by atoms with Crippen molar-refractivity contribution < 1.29 is 4.79 Å². The van der Waals surface area contributed by atoms with Crippen molar-refractivity contribution in [3.8, 4) is 0 Å². The summed E-state index contributed by atoms with van der Waals surface area (Å²) in [6.07, 6.45) is 4.17. The van der Waals surface area contributed by atoms with Crippen LogP contribution in [0.4, 0.5) is 5.82 Å². The molecule has 92 valence electrons. The third-order valence-corrected chi connectivity index (χ3v) is 2.99. The predicted octanol–water partition coefficient (Wildman–Crippen LogP) is -0.379. The maximum Gasteiger partial charge on any atom is 0.271 e. The first-order chi connectivity index (χ1) is 8.22. The summed E-state index contributed by atoms with van der Waals surface area (Å²) < 4.78 is 0. The number of rotatable bonds is 4. The van der Waals surface area contributed by atoms with Crippen LogP contribution in [0, 0.1) is 5.92 Å². The van der Waals surface area contributed by atoms with Crippen molar-refractivity contribution in [3.05, 3.63) is 18.1 Å². The highest BCUT2D eigenvalue weighted by Gasteiger charge is 2.26. The highest BCUT2D eigenvalue weighted by atomic mass is 16.1. The molecule has 0 aliphatic carbocycles. The number of anilines is 1. The van der Waals surface area contributed by atoms with Crippen LogP contribution in [0.1, 0.15) is 16.9 Å². The number of hydrogen-bond acceptors (Lipinski definition) is 5. The fourth-order valence-corrected chi connectivity index (χ4v) is 2.22. The fraction of sp³-hybridized carbons (Fsp3) is 0.545. The predicted molar refractivity (Wildman–Crippen MR) is 64.8 cm³/mol. The van der Waals surface area contributed by atoms with Crippen molar-refractivity contribution in [3.63, 3.8) is 0 Å². The minimum Gasteiger partial charge on any atom is -0.364 e. The van der Waals surface area contributed by atoms with Crippen molar-refractivity contribution in [2.24, 2.45) is 11.7 Å². The van der Waals surface area contributed by atoms with Gasteiger partial charge in [0, 0.05) is 25.5 Å². The zero-order valence-electron chi connectivity index (χ0n) is 9.89. The van der Waals surface area contributed by atoms with Gasteiger partial charge in [0.15, 0.2) is 11.5 Å². The molecule has 1 amide bonds. The molecule has 3 N–H and O–H groups in total. The number of aromatic nitrogens is 2. The normalized spacial score (nSPS) is 19.6. The molecule has 1 atom stereocenters. The van der Waals surface area contributed by atoms with E-state index in [1.165, 1.54) is 6.20 Å². The lowest BCUT2D eigenvalue weighted by Gasteiger charge is -2.18. The SMILES string of the molecule is CNCC1CCN(c2nccnc2C(N)=O)C1. The minimum atomic E-state index is -0.523. The Balaban J connectivity index is 2.16. The van der Waals surface area contributed by atoms with E-state index in [0.29, 0.717) is 11.7 Å². The zero-order chi connectivity index (χ0) is 12.3. The number of hydrogen-bond donors (Lipinski definition) is 2. The van der Waals surface area contributed by atoms with Crippen LogP contribution in [0.3, 0.4) is 0 Å². The van der Waals surface area contributed by atoms with Crippen molar-refractivity contribution in [1.82, 2.24) is 15.3 Å². The molecule has 0 aromatic carbocycles. The van der Waals surface area contributed by atoms with Gasteiger partial charge in [0.05, 0.1) is 0 Å². The van der Waals surface area contributed by atoms with Crippen LogP contribution in [0.25, 0.3) is 0 Å². The van der Waals surface area contributed by atoms with Crippen LogP contribution >= 0.6 is 0 Å². The Morgan fingerprint density at radius 3 is 3.06 bits per heavy atom. The van der Waals surface area contributed by atoms with Crippen molar-refractivity contribution in [2.45, 2.75) is 6.42 Å². The summed E-state index contributed by atoms with van der Waals surface area (Å²) >= 11 is 0. The van der Waals surface area contributed by atoms with Gasteiger partial charge in [-0.2, -0.15) is 0 Å². The first-order valence-corrected chi connectivity index (χ1v) is 5.72. The quantitative estimate of drug-likeness (QED) is 0.743. The van der Waals surface area contributed by atoms with E-state index in [9.17, 15) is 4.79 Å². The highest BCUT2D eigenvalue weighted by molar-refractivity contribution is 5.95. The van der Waals surface area contributed by atoms with Gasteiger partial charge in [0.25, 0.3) is 5.91 Å². The van der Waals surface area contributed by atoms with Gasteiger partial charge in [0.2, 0.25) is 0 Å². The van der Waals surface area contributed by atoms with Crippen LogP contribution in [0.15, 0.2) is 12.4 Å². The van der Waals surface area contributed by atoms with Crippen LogP contribution in [0.2, 0.25) is 0 Å². The summed E-state index contributed by atoms with van der Waals surface area (Å²) in [7, 11) is 1.94. The smallest absolute Gasteiger partial charge is 0.271 e. The molecule has 0 bridgehead atoms. The minimum absolute atomic E-state index is 0.262. The monoisotopic (exact) mass is 235 g/mol. The lowest BCUT2D eigenvalue weighted by atomic mass is 10.1. The van der Waals surface area contributed by atoms with E-state index in [-0.39, 0.29) is 5.69 Å². The number of nitrogens with one attached hydrogen (secondary N) is 1. The van der Waals surface area contributed by atoms with Crippen LogP contribution in [0.5, 0.6) is 0 Å². The molecule has 1 saturated heterocycles. The largest absolute Gasteiger partial charge is 0.364 e. The summed E-state index contributed by atoms with van der Waals surface area (Å²) in [5, 5.41) is 3.16. The number of amides is 1. The van der Waals surface area contributed by atoms with E-state index in [1.807, 2.05) is 7.05 Å². The van der Waals surface area contributed by atoms with Crippen molar-refractivity contribution in [1.29, 1.82) is 0 Å². The third-order valence-electron chi connectivity index (χ3n) is 2.99. The molecule has 1 aliphatic heterocycles. The lowest BCUT2D eigenvalue weighted by Crippen LogP contribution is -2.28. The van der Waals surface area contributed by atoms with Crippen LogP contribution < -0.4 is 16.0 Å². The van der Waals surface area contributed by atoms with Crippen molar-refractivity contribution in [2.75, 3.05) is 31.6 Å². The fourth-order valence-electron chi connectivity index (χ4n) is 2.22. The third kappa shape index (κ3) is 2.52. The van der Waals surface area contributed by atoms with Crippen molar-refractivity contribution >= 4 is 11.7 Å². The average Bonchev–Trinajstić information content (AvgIpc) is 2.78. The second-order valence-electron chi connectivity index (χ2n) is 4.25. The number of primary amides is 1. The molecule has 2 rings (SSSR count). The van der Waals surface area contributed by atoms with Crippen LogP contribution in [-0.4, -0.2) is 42.6 Å². The highest BCUT2D eigenvalue weighted by Crippen LogP contribution is 2.23. The Morgan fingerprint density at radius 1 is 1.59 bits per heavy atom. The summed E-state index contributed by atoms with van der Waals surface area (Å²) in [6, 6.07) is 0. The Kier molecular flexibility index (Phi) is 3.53. The van der Waals surface area contributed by atoms with Gasteiger partial charge in [-0.25, -0.2) is 9.97 Å². The summed E-state index contributed by atoms with van der Waals surface area (Å²) in [5.74, 6) is 0.673. The first kappa shape index (κ1) is 11.8. The molecule has 1 unspecified atom stereocenters. The Morgan fingerprint density at radius 2 is 2.35 bits per heavy atom. The summed E-state index contributed by atoms with van der Waals surface area (Å²) in [5.41, 5.74) is 5.56. The van der Waals surface area contributed by atoms with Gasteiger partial charge in [-0.1, -0.05) is 0 Å². The number of nitrogens with zero attached hydrogens (tertiary/aromatic N) is 3. The van der Waals surface area contributed by atoms with Gasteiger partial charge in [-0.3, -0.25) is 4.79 Å². The Bertz CT molecular complexity index is 409. The van der Waals surface area contributed by atoms with Gasteiger partial charge >= 0.3 is 0 Å². The molecule has 1 aromatic rings. The summed E-state index contributed by atoms with van der Waals surface area (Å²) in [4.78, 5) is 21.6. The van der Waals surface area contributed by atoms with E-state index in [1.54, 1.807) is 6.20 Å². The van der Waals surface area contributed by atoms with E-state index >= 15 is 0 Å². The van der Waals surface area contributed by atoms with Crippen LogP contribution in [-0.2, 0) is 0 Å². The maximum atomic E-state index is 11.3. The Labute approximate surface area is 100 Å². The van der Waals surface area contributed by atoms with E-state index < -0.39 is 5.91 Å². The lowest BCUT2D eigenvalue weighted by molar-refractivity contribution is 0.0996.